The summed E-state index contributed by atoms with van der Waals surface area (Å²) in [6, 6.07) is 5.66. The molecule has 128 valence electrons. The maximum absolute atomic E-state index is 12.3. The van der Waals surface area contributed by atoms with E-state index in [2.05, 4.69) is 20.8 Å². The molecule has 0 aliphatic heterocycles. The Morgan fingerprint density at radius 1 is 1.50 bits per heavy atom. The minimum absolute atomic E-state index is 0.0862. The van der Waals surface area contributed by atoms with Crippen LogP contribution in [0.2, 0.25) is 0 Å². The fourth-order valence-electron chi connectivity index (χ4n) is 2.07. The van der Waals surface area contributed by atoms with Gasteiger partial charge in [-0.3, -0.25) is 25.6 Å². The van der Waals surface area contributed by atoms with E-state index in [-0.39, 0.29) is 24.8 Å². The SMILES string of the molecule is Cc1ccnc(NNC(=O)[C@H](CCc2cccs2)CN(O)C=O)n1. The molecule has 8 nitrogen and oxygen atoms in total. The highest BCUT2D eigenvalue weighted by molar-refractivity contribution is 7.09. The molecular formula is C15H19N5O3S. The second-order valence-electron chi connectivity index (χ2n) is 5.18. The number of rotatable bonds is 9. The first-order valence-corrected chi connectivity index (χ1v) is 8.25. The molecule has 0 aliphatic carbocycles. The highest BCUT2D eigenvalue weighted by atomic mass is 32.1. The smallest absolute Gasteiger partial charge is 0.243 e. The molecule has 0 bridgehead atoms. The lowest BCUT2D eigenvalue weighted by molar-refractivity contribution is -0.154. The van der Waals surface area contributed by atoms with Crippen LogP contribution in [0.1, 0.15) is 17.0 Å². The highest BCUT2D eigenvalue weighted by Crippen LogP contribution is 2.15. The molecule has 2 amide bonds. The van der Waals surface area contributed by atoms with Crippen LogP contribution in [-0.4, -0.2) is 39.1 Å². The van der Waals surface area contributed by atoms with E-state index in [1.54, 1.807) is 23.6 Å². The van der Waals surface area contributed by atoms with Gasteiger partial charge in [-0.1, -0.05) is 6.07 Å². The molecule has 9 heteroatoms. The van der Waals surface area contributed by atoms with E-state index in [0.29, 0.717) is 17.9 Å². The van der Waals surface area contributed by atoms with Gasteiger partial charge >= 0.3 is 0 Å². The first-order valence-electron chi connectivity index (χ1n) is 7.37. The third-order valence-electron chi connectivity index (χ3n) is 3.31. The van der Waals surface area contributed by atoms with Gasteiger partial charge in [0.15, 0.2) is 0 Å². The Hall–Kier alpha value is -2.52. The average Bonchev–Trinajstić information content (AvgIpc) is 3.09. The molecule has 2 aromatic heterocycles. The predicted molar refractivity (Wildman–Crippen MR) is 89.2 cm³/mol. The van der Waals surface area contributed by atoms with Gasteiger partial charge in [0.25, 0.3) is 0 Å². The summed E-state index contributed by atoms with van der Waals surface area (Å²) in [7, 11) is 0. The number of hydroxylamine groups is 2. The fourth-order valence-corrected chi connectivity index (χ4v) is 2.80. The van der Waals surface area contributed by atoms with E-state index in [1.165, 1.54) is 0 Å². The first kappa shape index (κ1) is 17.8. The van der Waals surface area contributed by atoms with Gasteiger partial charge in [-0.25, -0.2) is 15.0 Å². The molecule has 0 aromatic carbocycles. The molecule has 24 heavy (non-hydrogen) atoms. The average molecular weight is 349 g/mol. The van der Waals surface area contributed by atoms with Crippen LogP contribution in [0.5, 0.6) is 0 Å². The quantitative estimate of drug-likeness (QED) is 0.359. The fraction of sp³-hybridized carbons (Fsp3) is 0.333. The van der Waals surface area contributed by atoms with E-state index in [4.69, 9.17) is 0 Å². The number of hydrazine groups is 1. The van der Waals surface area contributed by atoms with Gasteiger partial charge in [0.2, 0.25) is 18.3 Å². The van der Waals surface area contributed by atoms with Crippen molar-refractivity contribution in [2.75, 3.05) is 12.0 Å². The first-order chi connectivity index (χ1) is 11.6. The highest BCUT2D eigenvalue weighted by Gasteiger charge is 2.21. The number of aryl methyl sites for hydroxylation is 2. The summed E-state index contributed by atoms with van der Waals surface area (Å²) >= 11 is 1.60. The third kappa shape index (κ3) is 5.60. The van der Waals surface area contributed by atoms with Crippen LogP contribution in [0, 0.1) is 12.8 Å². The molecule has 0 saturated heterocycles. The number of thiophene rings is 1. The Labute approximate surface area is 143 Å². The molecule has 3 N–H and O–H groups in total. The minimum atomic E-state index is -0.570. The Morgan fingerprint density at radius 3 is 3.00 bits per heavy atom. The van der Waals surface area contributed by atoms with Gasteiger partial charge in [0, 0.05) is 16.8 Å². The number of nitrogens with zero attached hydrogens (tertiary/aromatic N) is 3. The van der Waals surface area contributed by atoms with Crippen molar-refractivity contribution in [1.82, 2.24) is 20.5 Å². The summed E-state index contributed by atoms with van der Waals surface area (Å²) in [6.07, 6.45) is 3.03. The molecular weight excluding hydrogens is 330 g/mol. The van der Waals surface area contributed by atoms with Crippen molar-refractivity contribution in [2.45, 2.75) is 19.8 Å². The molecule has 0 fully saturated rings. The second kappa shape index (κ2) is 8.94. The minimum Gasteiger partial charge on any atom is -0.286 e. The largest absolute Gasteiger partial charge is 0.286 e. The van der Waals surface area contributed by atoms with Crippen LogP contribution in [0.3, 0.4) is 0 Å². The number of amides is 2. The topological polar surface area (TPSA) is 107 Å². The van der Waals surface area contributed by atoms with Crippen molar-refractivity contribution in [3.05, 3.63) is 40.3 Å². The van der Waals surface area contributed by atoms with Gasteiger partial charge in [0.05, 0.1) is 12.5 Å². The monoisotopic (exact) mass is 349 g/mol. The maximum atomic E-state index is 12.3. The van der Waals surface area contributed by atoms with Crippen molar-refractivity contribution < 1.29 is 14.8 Å². The molecule has 0 saturated carbocycles. The van der Waals surface area contributed by atoms with Crippen LogP contribution < -0.4 is 10.9 Å². The molecule has 1 atom stereocenters. The van der Waals surface area contributed by atoms with Crippen LogP contribution >= 0.6 is 11.3 Å². The zero-order chi connectivity index (χ0) is 17.4. The third-order valence-corrected chi connectivity index (χ3v) is 4.25. The Morgan fingerprint density at radius 2 is 2.33 bits per heavy atom. The van der Waals surface area contributed by atoms with Crippen molar-refractivity contribution >= 4 is 29.6 Å². The van der Waals surface area contributed by atoms with Crippen molar-refractivity contribution in [1.29, 1.82) is 0 Å². The number of nitrogens with one attached hydrogen (secondary N) is 2. The van der Waals surface area contributed by atoms with Gasteiger partial charge in [-0.15, -0.1) is 11.3 Å². The normalized spacial score (nSPS) is 11.6. The van der Waals surface area contributed by atoms with E-state index in [0.717, 1.165) is 10.6 Å². The number of hydrogen-bond donors (Lipinski definition) is 3. The van der Waals surface area contributed by atoms with Crippen molar-refractivity contribution in [3.8, 4) is 0 Å². The van der Waals surface area contributed by atoms with Crippen molar-refractivity contribution in [2.24, 2.45) is 5.92 Å². The summed E-state index contributed by atoms with van der Waals surface area (Å²) in [5, 5.41) is 11.8. The van der Waals surface area contributed by atoms with Crippen LogP contribution in [0.4, 0.5) is 5.95 Å². The molecule has 0 spiro atoms. The Kier molecular flexibility index (Phi) is 6.64. The lowest BCUT2D eigenvalue weighted by Crippen LogP contribution is -2.40. The molecule has 2 heterocycles. The molecule has 0 unspecified atom stereocenters. The summed E-state index contributed by atoms with van der Waals surface area (Å²) in [5.41, 5.74) is 5.93. The van der Waals surface area contributed by atoms with E-state index >= 15 is 0 Å². The zero-order valence-corrected chi connectivity index (χ0v) is 14.0. The van der Waals surface area contributed by atoms with E-state index in [1.807, 2.05) is 24.4 Å². The lowest BCUT2D eigenvalue weighted by atomic mass is 10.0. The van der Waals surface area contributed by atoms with E-state index in [9.17, 15) is 14.8 Å². The second-order valence-corrected chi connectivity index (χ2v) is 6.21. The Bertz CT molecular complexity index is 665. The zero-order valence-electron chi connectivity index (χ0n) is 13.2. The number of carbonyl (C=O) groups is 2. The summed E-state index contributed by atoms with van der Waals surface area (Å²) in [5.74, 6) is -0.645. The standard InChI is InChI=1S/C15H19N5O3S/c1-11-6-7-16-15(17-11)19-18-14(22)12(9-20(23)10-21)4-5-13-3-2-8-24-13/h2-3,6-8,10,12,23H,4-5,9H2,1H3,(H,18,22)(H,16,17,19)/t12-/m1/s1. The van der Waals surface area contributed by atoms with Gasteiger partial charge in [0.1, 0.15) is 0 Å². The molecule has 2 aromatic rings. The maximum Gasteiger partial charge on any atom is 0.243 e. The lowest BCUT2D eigenvalue weighted by Gasteiger charge is -2.19. The summed E-state index contributed by atoms with van der Waals surface area (Å²) in [4.78, 5) is 32.2. The van der Waals surface area contributed by atoms with Crippen molar-refractivity contribution in [3.63, 3.8) is 0 Å². The molecule has 0 aliphatic rings. The van der Waals surface area contributed by atoms with Crippen LogP contribution in [-0.2, 0) is 16.0 Å². The Balaban J connectivity index is 1.93. The van der Waals surface area contributed by atoms with E-state index < -0.39 is 5.92 Å². The van der Waals surface area contributed by atoms with Crippen LogP contribution in [0.15, 0.2) is 29.8 Å². The number of aromatic nitrogens is 2. The number of hydrogen-bond acceptors (Lipinski definition) is 7. The number of anilines is 1. The molecule has 0 radical (unpaired) electrons. The number of carbonyl (C=O) groups excluding carboxylic acids is 2. The summed E-state index contributed by atoms with van der Waals surface area (Å²) < 4.78 is 0. The van der Waals surface area contributed by atoms with Gasteiger partial charge in [-0.05, 0) is 37.3 Å². The summed E-state index contributed by atoms with van der Waals surface area (Å²) in [6.45, 7) is 1.73. The molecule has 2 rings (SSSR count). The van der Waals surface area contributed by atoms with Crippen LogP contribution in [0.25, 0.3) is 0 Å². The van der Waals surface area contributed by atoms with Gasteiger partial charge in [-0.2, -0.15) is 0 Å². The van der Waals surface area contributed by atoms with Gasteiger partial charge < -0.3 is 0 Å². The predicted octanol–water partition coefficient (Wildman–Crippen LogP) is 1.39.